The van der Waals surface area contributed by atoms with Crippen LogP contribution >= 0.6 is 11.3 Å². The van der Waals surface area contributed by atoms with Crippen molar-refractivity contribution in [3.05, 3.63) is 52.5 Å². The molecule has 0 saturated heterocycles. The second-order valence-corrected chi connectivity index (χ2v) is 6.34. The van der Waals surface area contributed by atoms with Crippen LogP contribution in [-0.2, 0) is 6.18 Å². The zero-order valence-electron chi connectivity index (χ0n) is 12.3. The van der Waals surface area contributed by atoms with Gasteiger partial charge < -0.3 is 10.4 Å². The lowest BCUT2D eigenvalue weighted by atomic mass is 10.1. The lowest BCUT2D eigenvalue weighted by molar-refractivity contribution is -0.136. The SMILES string of the molecule is Cc1cc(C(=O)O)c(Nc2ccnc3c(C(F)(F)F)cccc23)s1. The second-order valence-electron chi connectivity index (χ2n) is 5.09. The molecule has 0 spiro atoms. The fourth-order valence-electron chi connectivity index (χ4n) is 2.40. The van der Waals surface area contributed by atoms with E-state index in [1.807, 2.05) is 0 Å². The number of halogens is 3. The number of rotatable bonds is 3. The molecule has 1 aromatic carbocycles. The highest BCUT2D eigenvalue weighted by Gasteiger charge is 2.33. The number of hydrogen-bond donors (Lipinski definition) is 2. The van der Waals surface area contributed by atoms with Gasteiger partial charge in [0.1, 0.15) is 5.00 Å². The fourth-order valence-corrected chi connectivity index (χ4v) is 3.32. The molecule has 0 unspecified atom stereocenters. The van der Waals surface area contributed by atoms with Crippen LogP contribution in [0, 0.1) is 6.92 Å². The first kappa shape index (κ1) is 16.3. The van der Waals surface area contributed by atoms with Crippen LogP contribution < -0.4 is 5.32 Å². The summed E-state index contributed by atoms with van der Waals surface area (Å²) in [6, 6.07) is 6.82. The quantitative estimate of drug-likeness (QED) is 0.691. The molecule has 0 fully saturated rings. The van der Waals surface area contributed by atoms with E-state index in [9.17, 15) is 23.1 Å². The first-order chi connectivity index (χ1) is 11.3. The summed E-state index contributed by atoms with van der Waals surface area (Å²) in [5.41, 5.74) is -0.561. The number of para-hydroxylation sites is 1. The number of fused-ring (bicyclic) bond motifs is 1. The summed E-state index contributed by atoms with van der Waals surface area (Å²) >= 11 is 1.22. The van der Waals surface area contributed by atoms with Gasteiger partial charge in [-0.2, -0.15) is 13.2 Å². The molecule has 24 heavy (non-hydrogen) atoms. The van der Waals surface area contributed by atoms with Gasteiger partial charge in [-0.3, -0.25) is 4.98 Å². The highest BCUT2D eigenvalue weighted by molar-refractivity contribution is 7.16. The Kier molecular flexibility index (Phi) is 3.92. The molecular formula is C16H11F3N2O2S. The van der Waals surface area contributed by atoms with Crippen molar-refractivity contribution in [3.63, 3.8) is 0 Å². The first-order valence-electron chi connectivity index (χ1n) is 6.83. The fraction of sp³-hybridized carbons (Fsp3) is 0.125. The van der Waals surface area contributed by atoms with Gasteiger partial charge in [0.05, 0.1) is 22.3 Å². The minimum atomic E-state index is -4.52. The van der Waals surface area contributed by atoms with E-state index in [-0.39, 0.29) is 16.5 Å². The van der Waals surface area contributed by atoms with E-state index in [0.29, 0.717) is 10.7 Å². The largest absolute Gasteiger partial charge is 0.478 e. The normalized spacial score (nSPS) is 11.7. The van der Waals surface area contributed by atoms with Crippen molar-refractivity contribution in [3.8, 4) is 0 Å². The van der Waals surface area contributed by atoms with Crippen LogP contribution in [0.4, 0.5) is 23.9 Å². The number of benzene rings is 1. The number of nitrogens with zero attached hydrogens (tertiary/aromatic N) is 1. The minimum Gasteiger partial charge on any atom is -0.478 e. The highest BCUT2D eigenvalue weighted by atomic mass is 32.1. The number of aromatic carboxylic acids is 1. The van der Waals surface area contributed by atoms with Crippen molar-refractivity contribution in [1.29, 1.82) is 0 Å². The van der Waals surface area contributed by atoms with Crippen LogP contribution in [0.25, 0.3) is 10.9 Å². The smallest absolute Gasteiger partial charge is 0.418 e. The van der Waals surface area contributed by atoms with E-state index in [2.05, 4.69) is 10.3 Å². The number of aromatic nitrogens is 1. The minimum absolute atomic E-state index is 0.0782. The van der Waals surface area contributed by atoms with E-state index in [0.717, 1.165) is 10.9 Å². The Labute approximate surface area is 138 Å². The summed E-state index contributed by atoms with van der Waals surface area (Å²) in [7, 11) is 0. The van der Waals surface area contributed by atoms with Crippen LogP contribution in [0.2, 0.25) is 0 Å². The molecule has 3 aromatic rings. The highest BCUT2D eigenvalue weighted by Crippen LogP contribution is 2.37. The third-order valence-corrected chi connectivity index (χ3v) is 4.38. The van der Waals surface area contributed by atoms with E-state index in [1.54, 1.807) is 6.92 Å². The average Bonchev–Trinajstić information content (AvgIpc) is 2.87. The lowest BCUT2D eigenvalue weighted by Crippen LogP contribution is -2.07. The second kappa shape index (κ2) is 5.79. The van der Waals surface area contributed by atoms with Crippen LogP contribution in [0.5, 0.6) is 0 Å². The first-order valence-corrected chi connectivity index (χ1v) is 7.64. The molecule has 2 heterocycles. The molecule has 4 nitrogen and oxygen atoms in total. The predicted molar refractivity (Wildman–Crippen MR) is 86.0 cm³/mol. The lowest BCUT2D eigenvalue weighted by Gasteiger charge is -2.13. The summed E-state index contributed by atoms with van der Waals surface area (Å²) < 4.78 is 39.3. The Morgan fingerprint density at radius 3 is 2.71 bits per heavy atom. The topological polar surface area (TPSA) is 62.2 Å². The van der Waals surface area contributed by atoms with Crippen LogP contribution in [-0.4, -0.2) is 16.1 Å². The Morgan fingerprint density at radius 1 is 1.29 bits per heavy atom. The summed E-state index contributed by atoms with van der Waals surface area (Å²) in [6.07, 6.45) is -3.25. The number of aryl methyl sites for hydroxylation is 1. The molecule has 0 radical (unpaired) electrons. The Bertz CT molecular complexity index is 935. The molecule has 0 saturated carbocycles. The molecule has 0 aliphatic heterocycles. The monoisotopic (exact) mass is 352 g/mol. The van der Waals surface area contributed by atoms with Crippen molar-refractivity contribution < 1.29 is 23.1 Å². The van der Waals surface area contributed by atoms with Gasteiger partial charge in [-0.05, 0) is 25.1 Å². The van der Waals surface area contributed by atoms with Gasteiger partial charge in [0.25, 0.3) is 0 Å². The summed E-state index contributed by atoms with van der Waals surface area (Å²) in [6.45, 7) is 1.76. The van der Waals surface area contributed by atoms with Crippen molar-refractivity contribution in [2.75, 3.05) is 5.32 Å². The van der Waals surface area contributed by atoms with Crippen LogP contribution in [0.15, 0.2) is 36.5 Å². The summed E-state index contributed by atoms with van der Waals surface area (Å²) in [4.78, 5) is 15.9. The zero-order chi connectivity index (χ0) is 17.5. The maximum absolute atomic E-state index is 13.1. The molecule has 124 valence electrons. The number of anilines is 2. The summed E-state index contributed by atoms with van der Waals surface area (Å²) in [5.74, 6) is -1.10. The van der Waals surface area contributed by atoms with E-state index >= 15 is 0 Å². The molecule has 0 atom stereocenters. The maximum Gasteiger partial charge on any atom is 0.418 e. The van der Waals surface area contributed by atoms with Gasteiger partial charge >= 0.3 is 12.1 Å². The van der Waals surface area contributed by atoms with Crippen molar-refractivity contribution >= 4 is 38.9 Å². The molecule has 2 N–H and O–H groups in total. The maximum atomic E-state index is 13.1. The Hall–Kier alpha value is -2.61. The van der Waals surface area contributed by atoms with E-state index in [4.69, 9.17) is 0 Å². The number of thiophene rings is 1. The number of carbonyl (C=O) groups is 1. The average molecular weight is 352 g/mol. The third-order valence-electron chi connectivity index (χ3n) is 3.41. The molecule has 0 aliphatic rings. The molecule has 3 rings (SSSR count). The van der Waals surface area contributed by atoms with Crippen molar-refractivity contribution in [2.45, 2.75) is 13.1 Å². The van der Waals surface area contributed by atoms with Gasteiger partial charge in [0, 0.05) is 16.5 Å². The molecular weight excluding hydrogens is 341 g/mol. The number of nitrogens with one attached hydrogen (secondary N) is 1. The number of hydrogen-bond acceptors (Lipinski definition) is 4. The number of carboxylic acid groups (broad SMARTS) is 1. The number of pyridine rings is 1. The van der Waals surface area contributed by atoms with Crippen LogP contribution in [0.1, 0.15) is 20.8 Å². The van der Waals surface area contributed by atoms with E-state index < -0.39 is 17.7 Å². The zero-order valence-corrected chi connectivity index (χ0v) is 13.1. The van der Waals surface area contributed by atoms with Gasteiger partial charge in [-0.1, -0.05) is 12.1 Å². The van der Waals surface area contributed by atoms with Gasteiger partial charge in [0.15, 0.2) is 0 Å². The molecule has 8 heteroatoms. The Balaban J connectivity index is 2.14. The van der Waals surface area contributed by atoms with Crippen LogP contribution in [0.3, 0.4) is 0 Å². The van der Waals surface area contributed by atoms with Gasteiger partial charge in [-0.15, -0.1) is 11.3 Å². The number of carboxylic acids is 1. The van der Waals surface area contributed by atoms with Crippen molar-refractivity contribution in [2.24, 2.45) is 0 Å². The third kappa shape index (κ3) is 2.92. The Morgan fingerprint density at radius 2 is 2.04 bits per heavy atom. The molecule has 0 aliphatic carbocycles. The van der Waals surface area contributed by atoms with E-state index in [1.165, 1.54) is 41.8 Å². The standard InChI is InChI=1S/C16H11F3N2O2S/c1-8-7-10(15(22)23)14(24-8)21-12-5-6-20-13-9(12)3-2-4-11(13)16(17,18)19/h2-7H,1H3,(H,20,21)(H,22,23). The summed E-state index contributed by atoms with van der Waals surface area (Å²) in [5, 5.41) is 12.8. The van der Waals surface area contributed by atoms with Crippen molar-refractivity contribution in [1.82, 2.24) is 4.98 Å². The molecule has 0 amide bonds. The molecule has 2 aromatic heterocycles. The predicted octanol–water partition coefficient (Wildman–Crippen LogP) is 5.07. The van der Waals surface area contributed by atoms with Gasteiger partial charge in [-0.25, -0.2) is 4.79 Å². The molecule has 0 bridgehead atoms. The van der Waals surface area contributed by atoms with Gasteiger partial charge in [0.2, 0.25) is 0 Å². The number of alkyl halides is 3.